The molecule has 1 atom stereocenters. The number of aliphatic hydroxyl groups is 1. The van der Waals surface area contributed by atoms with Crippen molar-refractivity contribution >= 4 is 0 Å². The van der Waals surface area contributed by atoms with Gasteiger partial charge in [0, 0.05) is 18.0 Å². The Bertz CT molecular complexity index is 374. The number of rotatable bonds is 8. The highest BCUT2D eigenvalue weighted by Gasteiger charge is 2.35. The second kappa shape index (κ2) is 6.53. The summed E-state index contributed by atoms with van der Waals surface area (Å²) in [4.78, 5) is 2.59. The van der Waals surface area contributed by atoms with Crippen LogP contribution >= 0.6 is 0 Å². The number of nitrogens with zero attached hydrogens (tertiary/aromatic N) is 1. The van der Waals surface area contributed by atoms with E-state index in [2.05, 4.69) is 43.0 Å². The van der Waals surface area contributed by atoms with Gasteiger partial charge in [0.25, 0.3) is 0 Å². The van der Waals surface area contributed by atoms with Gasteiger partial charge in [0.1, 0.15) is 0 Å². The zero-order valence-electron chi connectivity index (χ0n) is 12.3. The monoisotopic (exact) mass is 261 g/mol. The van der Waals surface area contributed by atoms with Gasteiger partial charge in [-0.05, 0) is 31.4 Å². The van der Waals surface area contributed by atoms with Gasteiger partial charge >= 0.3 is 0 Å². The van der Waals surface area contributed by atoms with Crippen molar-refractivity contribution in [2.45, 2.75) is 51.0 Å². The van der Waals surface area contributed by atoms with Crippen molar-refractivity contribution in [2.24, 2.45) is 0 Å². The first-order chi connectivity index (χ1) is 9.19. The Morgan fingerprint density at radius 2 is 1.95 bits per heavy atom. The lowest BCUT2D eigenvalue weighted by Crippen LogP contribution is -2.43. The van der Waals surface area contributed by atoms with E-state index in [0.29, 0.717) is 0 Å². The molecule has 19 heavy (non-hydrogen) atoms. The van der Waals surface area contributed by atoms with Crippen LogP contribution in [0.5, 0.6) is 0 Å². The molecule has 0 aliphatic heterocycles. The fraction of sp³-hybridized carbons (Fsp3) is 0.647. The van der Waals surface area contributed by atoms with Crippen LogP contribution in [0.3, 0.4) is 0 Å². The summed E-state index contributed by atoms with van der Waals surface area (Å²) in [7, 11) is 0. The van der Waals surface area contributed by atoms with Crippen LogP contribution in [0.2, 0.25) is 0 Å². The van der Waals surface area contributed by atoms with Crippen LogP contribution < -0.4 is 0 Å². The molecule has 0 bridgehead atoms. The minimum Gasteiger partial charge on any atom is -0.395 e. The number of unbranched alkanes of at least 4 members (excludes halogenated alkanes) is 1. The third-order valence-corrected chi connectivity index (χ3v) is 4.23. The minimum atomic E-state index is -0.141. The Hall–Kier alpha value is -0.860. The van der Waals surface area contributed by atoms with E-state index in [9.17, 15) is 5.11 Å². The third kappa shape index (κ3) is 3.80. The Balaban J connectivity index is 2.07. The Labute approximate surface area is 117 Å². The van der Waals surface area contributed by atoms with E-state index in [-0.39, 0.29) is 12.0 Å². The molecule has 0 saturated heterocycles. The summed E-state index contributed by atoms with van der Waals surface area (Å²) in [5.74, 6) is 0. The Morgan fingerprint density at radius 1 is 1.26 bits per heavy atom. The summed E-state index contributed by atoms with van der Waals surface area (Å²) in [6, 6.07) is 11.2. The molecule has 0 radical (unpaired) electrons. The van der Waals surface area contributed by atoms with E-state index in [0.717, 1.165) is 12.6 Å². The third-order valence-electron chi connectivity index (χ3n) is 4.23. The fourth-order valence-corrected chi connectivity index (χ4v) is 2.71. The zero-order valence-corrected chi connectivity index (χ0v) is 12.3. The lowest BCUT2D eigenvalue weighted by molar-refractivity contribution is 0.138. The standard InChI is InChI=1S/C17H27NO/c1-3-4-12-18(16-10-11-16)13-17(2,14-19)15-8-6-5-7-9-15/h5-9,16,19H,3-4,10-14H2,1-2H3. The van der Waals surface area contributed by atoms with Crippen LogP contribution in [0.4, 0.5) is 0 Å². The van der Waals surface area contributed by atoms with Crippen molar-refractivity contribution in [3.63, 3.8) is 0 Å². The van der Waals surface area contributed by atoms with E-state index >= 15 is 0 Å². The molecule has 1 N–H and O–H groups in total. The predicted molar refractivity (Wildman–Crippen MR) is 80.4 cm³/mol. The van der Waals surface area contributed by atoms with Gasteiger partial charge in [-0.25, -0.2) is 0 Å². The van der Waals surface area contributed by atoms with Crippen LogP contribution in [0.25, 0.3) is 0 Å². The topological polar surface area (TPSA) is 23.5 Å². The molecule has 1 saturated carbocycles. The molecule has 2 rings (SSSR count). The lowest BCUT2D eigenvalue weighted by atomic mass is 9.82. The van der Waals surface area contributed by atoms with Gasteiger partial charge in [-0.3, -0.25) is 4.90 Å². The maximum absolute atomic E-state index is 9.89. The van der Waals surface area contributed by atoms with Crippen molar-refractivity contribution in [1.82, 2.24) is 4.90 Å². The Morgan fingerprint density at radius 3 is 2.47 bits per heavy atom. The summed E-state index contributed by atoms with van der Waals surface area (Å²) in [5, 5.41) is 9.89. The van der Waals surface area contributed by atoms with Crippen molar-refractivity contribution in [3.8, 4) is 0 Å². The predicted octanol–water partition coefficient (Wildman–Crippen LogP) is 3.20. The molecule has 0 heterocycles. The van der Waals surface area contributed by atoms with Gasteiger partial charge in [0.15, 0.2) is 0 Å². The summed E-state index contributed by atoms with van der Waals surface area (Å²) < 4.78 is 0. The molecule has 0 aromatic heterocycles. The van der Waals surface area contributed by atoms with Crippen LogP contribution in [-0.4, -0.2) is 35.7 Å². The van der Waals surface area contributed by atoms with E-state index in [4.69, 9.17) is 0 Å². The average molecular weight is 261 g/mol. The second-order valence-corrected chi connectivity index (χ2v) is 6.14. The molecule has 0 amide bonds. The number of hydrogen-bond acceptors (Lipinski definition) is 2. The summed E-state index contributed by atoms with van der Waals surface area (Å²) in [6.07, 6.45) is 5.16. The fourth-order valence-electron chi connectivity index (χ4n) is 2.71. The van der Waals surface area contributed by atoms with Crippen LogP contribution in [0.15, 0.2) is 30.3 Å². The van der Waals surface area contributed by atoms with Gasteiger partial charge in [0.05, 0.1) is 6.61 Å². The van der Waals surface area contributed by atoms with Gasteiger partial charge in [-0.15, -0.1) is 0 Å². The molecule has 2 heteroatoms. The molecule has 1 unspecified atom stereocenters. The molecule has 1 aliphatic carbocycles. The van der Waals surface area contributed by atoms with Gasteiger partial charge < -0.3 is 5.11 Å². The van der Waals surface area contributed by atoms with E-state index in [1.807, 2.05) is 6.07 Å². The molecule has 1 aromatic rings. The van der Waals surface area contributed by atoms with Crippen LogP contribution in [0, 0.1) is 0 Å². The van der Waals surface area contributed by atoms with Crippen LogP contribution in [0.1, 0.15) is 45.1 Å². The summed E-state index contributed by atoms with van der Waals surface area (Å²) >= 11 is 0. The first kappa shape index (κ1) is 14.5. The van der Waals surface area contributed by atoms with Gasteiger partial charge in [-0.2, -0.15) is 0 Å². The molecule has 1 aromatic carbocycles. The quantitative estimate of drug-likeness (QED) is 0.777. The van der Waals surface area contributed by atoms with Gasteiger partial charge in [0.2, 0.25) is 0 Å². The zero-order chi connectivity index (χ0) is 13.7. The first-order valence-electron chi connectivity index (χ1n) is 7.60. The maximum atomic E-state index is 9.89. The minimum absolute atomic E-state index is 0.141. The van der Waals surface area contributed by atoms with Crippen molar-refractivity contribution < 1.29 is 5.11 Å². The molecular formula is C17H27NO. The SMILES string of the molecule is CCCCN(CC(C)(CO)c1ccccc1)C1CC1. The van der Waals surface area contributed by atoms with E-state index in [1.165, 1.54) is 37.8 Å². The highest BCUT2D eigenvalue weighted by Crippen LogP contribution is 2.32. The van der Waals surface area contributed by atoms with E-state index in [1.54, 1.807) is 0 Å². The highest BCUT2D eigenvalue weighted by molar-refractivity contribution is 5.25. The van der Waals surface area contributed by atoms with Gasteiger partial charge in [-0.1, -0.05) is 50.6 Å². The Kier molecular flexibility index (Phi) is 5.00. The maximum Gasteiger partial charge on any atom is 0.0537 e. The number of aliphatic hydroxyl groups excluding tert-OH is 1. The summed E-state index contributed by atoms with van der Waals surface area (Å²) in [5.41, 5.74) is 1.11. The molecule has 2 nitrogen and oxygen atoms in total. The van der Waals surface area contributed by atoms with Crippen molar-refractivity contribution in [2.75, 3.05) is 19.7 Å². The lowest BCUT2D eigenvalue weighted by Gasteiger charge is -2.35. The molecule has 1 aliphatic rings. The van der Waals surface area contributed by atoms with Crippen molar-refractivity contribution in [3.05, 3.63) is 35.9 Å². The summed E-state index contributed by atoms with van der Waals surface area (Å²) in [6.45, 7) is 6.78. The second-order valence-electron chi connectivity index (χ2n) is 6.14. The first-order valence-corrected chi connectivity index (χ1v) is 7.60. The molecule has 106 valence electrons. The number of hydrogen-bond donors (Lipinski definition) is 1. The molecule has 1 fully saturated rings. The molecule has 0 spiro atoms. The smallest absolute Gasteiger partial charge is 0.0537 e. The van der Waals surface area contributed by atoms with E-state index < -0.39 is 0 Å². The van der Waals surface area contributed by atoms with Crippen LogP contribution in [-0.2, 0) is 5.41 Å². The normalized spacial score (nSPS) is 18.5. The largest absolute Gasteiger partial charge is 0.395 e. The van der Waals surface area contributed by atoms with Crippen molar-refractivity contribution in [1.29, 1.82) is 0 Å². The number of benzene rings is 1. The average Bonchev–Trinajstić information content (AvgIpc) is 3.29. The highest BCUT2D eigenvalue weighted by atomic mass is 16.3. The molecular weight excluding hydrogens is 234 g/mol.